The Labute approximate surface area is 293 Å². The van der Waals surface area contributed by atoms with E-state index in [1.54, 1.807) is 24.3 Å². The van der Waals surface area contributed by atoms with Gasteiger partial charge in [-0.25, -0.2) is 4.98 Å². The molecule has 0 aromatic heterocycles. The van der Waals surface area contributed by atoms with Crippen LogP contribution in [0.15, 0.2) is 64.0 Å². The summed E-state index contributed by atoms with van der Waals surface area (Å²) in [6.45, 7) is 18.9. The van der Waals surface area contributed by atoms with Crippen LogP contribution in [0.25, 0.3) is 22.6 Å². The topological polar surface area (TPSA) is 151 Å². The van der Waals surface area contributed by atoms with Crippen molar-refractivity contribution >= 4 is 28.2 Å². The highest BCUT2D eigenvalue weighted by Gasteiger charge is 2.20. The molecule has 0 atom stereocenters. The predicted molar refractivity (Wildman–Crippen MR) is 198 cm³/mol. The second-order valence-corrected chi connectivity index (χ2v) is 11.9. The van der Waals surface area contributed by atoms with Crippen LogP contribution in [0.2, 0.25) is 0 Å². The van der Waals surface area contributed by atoms with E-state index in [2.05, 4.69) is 45.7 Å². The zero-order chi connectivity index (χ0) is 35.8. The lowest BCUT2D eigenvalue weighted by Crippen LogP contribution is -2.32. The summed E-state index contributed by atoms with van der Waals surface area (Å²) < 4.78 is 17.4. The van der Waals surface area contributed by atoms with Crippen molar-refractivity contribution in [2.75, 3.05) is 67.6 Å². The molecule has 7 rings (SSSR count). The highest BCUT2D eigenvalue weighted by Crippen LogP contribution is 2.37. The third-order valence-electron chi connectivity index (χ3n) is 8.53. The molecular formula is C38H48N6O6. The number of aromatic nitrogens is 1. The molecule has 0 unspecified atom stereocenters. The molecule has 0 fully saturated rings. The van der Waals surface area contributed by atoms with Crippen molar-refractivity contribution in [3.63, 3.8) is 0 Å². The summed E-state index contributed by atoms with van der Waals surface area (Å²) in [5.41, 5.74) is 7.49. The Balaban J connectivity index is 0.000000159. The largest absolute Gasteiger partial charge is 0.508 e. The van der Waals surface area contributed by atoms with Gasteiger partial charge in [-0.2, -0.15) is 5.90 Å². The SMILES string of the molecule is CCN1CCOc2ccc(O)cc21.CCN=c1cc2oc3cc4c(cc3nc-2cc1C)OCCN4CC.CCNc1cc(O)c(ON)cc1C. The Kier molecular flexibility index (Phi) is 11.8. The van der Waals surface area contributed by atoms with Gasteiger partial charge in [0.1, 0.15) is 41.7 Å². The summed E-state index contributed by atoms with van der Waals surface area (Å²) in [6.07, 6.45) is 0. The van der Waals surface area contributed by atoms with Gasteiger partial charge in [-0.1, -0.05) is 0 Å². The van der Waals surface area contributed by atoms with Crippen molar-refractivity contribution in [3.8, 4) is 40.2 Å². The molecular weight excluding hydrogens is 636 g/mol. The number of rotatable bonds is 6. The maximum Gasteiger partial charge on any atom is 0.188 e. The van der Waals surface area contributed by atoms with E-state index < -0.39 is 0 Å². The van der Waals surface area contributed by atoms with Gasteiger partial charge in [0.05, 0.1) is 29.8 Å². The van der Waals surface area contributed by atoms with E-state index in [0.717, 1.165) is 113 Å². The van der Waals surface area contributed by atoms with Crippen LogP contribution in [0, 0.1) is 13.8 Å². The molecule has 0 saturated carbocycles. The number of ether oxygens (including phenoxy) is 2. The number of anilines is 3. The zero-order valence-corrected chi connectivity index (χ0v) is 29.7. The van der Waals surface area contributed by atoms with E-state index in [1.807, 2.05) is 51.1 Å². The average molecular weight is 685 g/mol. The van der Waals surface area contributed by atoms with Crippen LogP contribution < -0.4 is 40.7 Å². The molecule has 0 radical (unpaired) electrons. The molecule has 50 heavy (non-hydrogen) atoms. The van der Waals surface area contributed by atoms with E-state index in [0.29, 0.717) is 18.1 Å². The first-order valence-electron chi connectivity index (χ1n) is 17.1. The fourth-order valence-electron chi connectivity index (χ4n) is 5.94. The first-order valence-corrected chi connectivity index (χ1v) is 17.1. The third-order valence-corrected chi connectivity index (χ3v) is 8.53. The maximum atomic E-state index is 9.40. The molecule has 1 aliphatic carbocycles. The summed E-state index contributed by atoms with van der Waals surface area (Å²) in [4.78, 5) is 18.3. The summed E-state index contributed by atoms with van der Waals surface area (Å²) in [7, 11) is 0. The molecule has 0 spiro atoms. The van der Waals surface area contributed by atoms with Crippen molar-refractivity contribution in [3.05, 3.63) is 71.1 Å². The predicted octanol–water partition coefficient (Wildman–Crippen LogP) is 6.38. The number of phenolic OH excluding ortho intramolecular Hbond substituents is 2. The minimum absolute atomic E-state index is 0.0454. The normalized spacial score (nSPS) is 13.6. The van der Waals surface area contributed by atoms with Gasteiger partial charge in [-0.3, -0.25) is 4.99 Å². The quantitative estimate of drug-likeness (QED) is 0.117. The van der Waals surface area contributed by atoms with Crippen LogP contribution in [-0.2, 0) is 0 Å². The Bertz CT molecular complexity index is 1960. The summed E-state index contributed by atoms with van der Waals surface area (Å²) >= 11 is 0. The number of hydrogen-bond acceptors (Lipinski definition) is 12. The first kappa shape index (κ1) is 35.9. The maximum absolute atomic E-state index is 9.40. The lowest BCUT2D eigenvalue weighted by atomic mass is 10.1. The van der Waals surface area contributed by atoms with Gasteiger partial charge in [0, 0.05) is 62.2 Å². The molecule has 3 heterocycles. The molecule has 12 heteroatoms. The van der Waals surface area contributed by atoms with Crippen molar-refractivity contribution in [1.29, 1.82) is 0 Å². The van der Waals surface area contributed by atoms with Gasteiger partial charge in [0.15, 0.2) is 22.8 Å². The molecule has 266 valence electrons. The van der Waals surface area contributed by atoms with Crippen LogP contribution in [0.1, 0.15) is 38.8 Å². The summed E-state index contributed by atoms with van der Waals surface area (Å²) in [5, 5.41) is 22.8. The molecule has 3 aromatic carbocycles. The molecule has 3 aromatic rings. The number of likely N-dealkylation sites (N-methyl/N-ethyl adjacent to an activating group) is 2. The Hall–Kier alpha value is -5.36. The van der Waals surface area contributed by atoms with E-state index in [1.165, 1.54) is 0 Å². The van der Waals surface area contributed by atoms with Gasteiger partial charge < -0.3 is 44.1 Å². The van der Waals surface area contributed by atoms with Crippen LogP contribution >= 0.6 is 0 Å². The second kappa shape index (κ2) is 16.4. The smallest absolute Gasteiger partial charge is 0.188 e. The number of aromatic hydroxyl groups is 2. The number of aryl methyl sites for hydroxylation is 2. The monoisotopic (exact) mass is 684 g/mol. The fourth-order valence-corrected chi connectivity index (χ4v) is 5.94. The van der Waals surface area contributed by atoms with Gasteiger partial charge in [-0.15, -0.1) is 0 Å². The molecule has 12 nitrogen and oxygen atoms in total. The standard InChI is InChI=1S/C19H21N3O2.C10H13NO2.C9H14N2O2/c1-4-20-13-9-17-14(8-12(13)3)21-15-10-19-16(11-18(15)24-17)22(5-2)6-7-23-19;1-2-11-5-6-13-10-4-3-8(12)7-9(10)11;1-3-11-7-5-8(12)9(13-10)4-6(7)2/h8-11H,4-7H2,1-3H3;3-4,7,12H,2,5-6H2,1H3;4-5,11-12H,3,10H2,1-2H3. The molecule has 3 aliphatic heterocycles. The Morgan fingerprint density at radius 3 is 2.22 bits per heavy atom. The van der Waals surface area contributed by atoms with E-state index in [9.17, 15) is 10.2 Å². The fraction of sp³-hybridized carbons (Fsp3) is 0.368. The Morgan fingerprint density at radius 1 is 0.860 bits per heavy atom. The highest BCUT2D eigenvalue weighted by atomic mass is 16.6. The molecule has 4 aliphatic rings. The number of nitrogens with zero attached hydrogens (tertiary/aromatic N) is 4. The number of benzene rings is 4. The summed E-state index contributed by atoms with van der Waals surface area (Å²) in [6, 6.07) is 16.5. The van der Waals surface area contributed by atoms with Gasteiger partial charge in [-0.05, 0) is 76.9 Å². The van der Waals surface area contributed by atoms with E-state index in [4.69, 9.17) is 24.8 Å². The Morgan fingerprint density at radius 2 is 1.56 bits per heavy atom. The van der Waals surface area contributed by atoms with Crippen LogP contribution in [0.5, 0.6) is 28.7 Å². The van der Waals surface area contributed by atoms with Crippen molar-refractivity contribution in [2.45, 2.75) is 41.5 Å². The minimum Gasteiger partial charge on any atom is -0.508 e. The summed E-state index contributed by atoms with van der Waals surface area (Å²) in [5.74, 6) is 8.11. The van der Waals surface area contributed by atoms with E-state index >= 15 is 0 Å². The van der Waals surface area contributed by atoms with Crippen LogP contribution in [0.4, 0.5) is 17.1 Å². The van der Waals surface area contributed by atoms with Crippen molar-refractivity contribution in [2.24, 2.45) is 10.9 Å². The zero-order valence-electron chi connectivity index (χ0n) is 29.7. The van der Waals surface area contributed by atoms with Gasteiger partial charge >= 0.3 is 0 Å². The average Bonchev–Trinajstić information content (AvgIpc) is 3.12. The van der Waals surface area contributed by atoms with Crippen molar-refractivity contribution in [1.82, 2.24) is 4.98 Å². The number of fused-ring (bicyclic) bond motifs is 4. The second-order valence-electron chi connectivity index (χ2n) is 11.9. The minimum atomic E-state index is 0.0454. The molecule has 0 bridgehead atoms. The lowest BCUT2D eigenvalue weighted by Gasteiger charge is -2.30. The van der Waals surface area contributed by atoms with Crippen LogP contribution in [-0.4, -0.2) is 67.7 Å². The van der Waals surface area contributed by atoms with Crippen LogP contribution in [0.3, 0.4) is 0 Å². The van der Waals surface area contributed by atoms with Gasteiger partial charge in [0.2, 0.25) is 0 Å². The first-order chi connectivity index (χ1) is 24.2. The molecule has 0 saturated heterocycles. The number of hydrogen-bond donors (Lipinski definition) is 4. The third kappa shape index (κ3) is 8.08. The van der Waals surface area contributed by atoms with Gasteiger partial charge in [0.25, 0.3) is 0 Å². The number of nitrogens with one attached hydrogen (secondary N) is 1. The number of phenols is 2. The van der Waals surface area contributed by atoms with E-state index in [-0.39, 0.29) is 5.75 Å². The molecule has 0 amide bonds. The van der Waals surface area contributed by atoms with Crippen molar-refractivity contribution < 1.29 is 28.9 Å². The molecule has 5 N–H and O–H groups in total. The highest BCUT2D eigenvalue weighted by molar-refractivity contribution is 5.84. The lowest BCUT2D eigenvalue weighted by molar-refractivity contribution is 0.307. The number of nitrogens with two attached hydrogens (primary N) is 1.